The van der Waals surface area contributed by atoms with E-state index in [9.17, 15) is 14.9 Å². The predicted molar refractivity (Wildman–Crippen MR) is 92.1 cm³/mol. The number of carbonyl (C=O) groups is 1. The van der Waals surface area contributed by atoms with Gasteiger partial charge < -0.3 is 9.64 Å². The Kier molecular flexibility index (Phi) is 5.44. The molecule has 0 aliphatic carbocycles. The molecule has 7 heteroatoms. The molecule has 1 heterocycles. The van der Waals surface area contributed by atoms with Gasteiger partial charge in [-0.1, -0.05) is 24.3 Å². The fraction of sp³-hybridized carbons (Fsp3) is 0.312. The highest BCUT2D eigenvalue weighted by Gasteiger charge is 2.38. The van der Waals surface area contributed by atoms with Gasteiger partial charge in [-0.2, -0.15) is 0 Å². The number of methoxy groups -OCH3 is 1. The number of anilines is 1. The maximum atomic E-state index is 11.5. The van der Waals surface area contributed by atoms with Crippen LogP contribution in [0.4, 0.5) is 5.69 Å². The van der Waals surface area contributed by atoms with E-state index in [-0.39, 0.29) is 9.83 Å². The van der Waals surface area contributed by atoms with Crippen LogP contribution in [0.3, 0.4) is 0 Å². The molecule has 1 aliphatic heterocycles. The second kappa shape index (κ2) is 7.32. The summed E-state index contributed by atoms with van der Waals surface area (Å²) in [5.74, 6) is -0.534. The average Bonchev–Trinajstić information content (AvgIpc) is 2.97. The molecular weight excluding hydrogens is 316 g/mol. The van der Waals surface area contributed by atoms with Crippen LogP contribution in [-0.4, -0.2) is 43.4 Å². The van der Waals surface area contributed by atoms with Crippen molar-refractivity contribution in [3.05, 3.63) is 57.0 Å². The Morgan fingerprint density at radius 2 is 2.00 bits per heavy atom. The SMILES string of the molecule is COC(=O)C1=CC([N+](=O)[O-])C(/C=C/c2ccc(N(C)C)cc2)S1. The molecule has 1 aromatic carbocycles. The molecule has 0 saturated carbocycles. The minimum atomic E-state index is -0.925. The van der Waals surface area contributed by atoms with E-state index in [1.54, 1.807) is 6.08 Å². The van der Waals surface area contributed by atoms with Gasteiger partial charge in [-0.05, 0) is 17.7 Å². The van der Waals surface area contributed by atoms with Gasteiger partial charge >= 0.3 is 5.97 Å². The lowest BCUT2D eigenvalue weighted by molar-refractivity contribution is -0.506. The first-order valence-electron chi connectivity index (χ1n) is 6.98. The van der Waals surface area contributed by atoms with Gasteiger partial charge in [0.05, 0.1) is 17.3 Å². The Bertz CT molecular complexity index is 653. The van der Waals surface area contributed by atoms with E-state index in [1.165, 1.54) is 13.2 Å². The van der Waals surface area contributed by atoms with Crippen LogP contribution in [0.2, 0.25) is 0 Å². The molecule has 0 N–H and O–H groups in total. The zero-order valence-electron chi connectivity index (χ0n) is 13.1. The van der Waals surface area contributed by atoms with Crippen LogP contribution in [0.25, 0.3) is 6.08 Å². The van der Waals surface area contributed by atoms with Crippen LogP contribution in [0, 0.1) is 10.1 Å². The number of esters is 1. The Labute approximate surface area is 139 Å². The third-order valence-electron chi connectivity index (χ3n) is 3.44. The predicted octanol–water partition coefficient (Wildman–Crippen LogP) is 2.58. The zero-order valence-corrected chi connectivity index (χ0v) is 13.9. The van der Waals surface area contributed by atoms with Crippen molar-refractivity contribution in [2.24, 2.45) is 0 Å². The molecule has 122 valence electrons. The monoisotopic (exact) mass is 334 g/mol. The van der Waals surface area contributed by atoms with E-state index in [0.29, 0.717) is 0 Å². The highest BCUT2D eigenvalue weighted by Crippen LogP contribution is 2.35. The quantitative estimate of drug-likeness (QED) is 0.468. The summed E-state index contributed by atoms with van der Waals surface area (Å²) in [7, 11) is 5.18. The first kappa shape index (κ1) is 17.1. The Morgan fingerprint density at radius 1 is 1.35 bits per heavy atom. The molecule has 23 heavy (non-hydrogen) atoms. The van der Waals surface area contributed by atoms with Crippen LogP contribution in [0.5, 0.6) is 0 Å². The van der Waals surface area contributed by atoms with Crippen molar-refractivity contribution in [2.75, 3.05) is 26.1 Å². The normalized spacial score (nSPS) is 20.4. The number of carbonyl (C=O) groups excluding carboxylic acids is 1. The smallest absolute Gasteiger partial charge is 0.344 e. The van der Waals surface area contributed by atoms with Gasteiger partial charge in [-0.15, -0.1) is 11.8 Å². The van der Waals surface area contributed by atoms with Crippen LogP contribution >= 0.6 is 11.8 Å². The minimum absolute atomic E-state index is 0.284. The molecule has 0 amide bonds. The van der Waals surface area contributed by atoms with E-state index in [2.05, 4.69) is 4.74 Å². The molecule has 1 aliphatic rings. The van der Waals surface area contributed by atoms with Gasteiger partial charge in [-0.25, -0.2) is 4.79 Å². The summed E-state index contributed by atoms with van der Waals surface area (Å²) in [5.41, 5.74) is 2.03. The molecule has 0 radical (unpaired) electrons. The largest absolute Gasteiger partial charge is 0.465 e. The van der Waals surface area contributed by atoms with Gasteiger partial charge in [-0.3, -0.25) is 10.1 Å². The van der Waals surface area contributed by atoms with Crippen LogP contribution in [0.1, 0.15) is 5.56 Å². The lowest BCUT2D eigenvalue weighted by Gasteiger charge is -2.12. The number of ether oxygens (including phenoxy) is 1. The fourth-order valence-corrected chi connectivity index (χ4v) is 3.31. The lowest BCUT2D eigenvalue weighted by atomic mass is 10.1. The highest BCUT2D eigenvalue weighted by molar-refractivity contribution is 8.05. The van der Waals surface area contributed by atoms with Crippen LogP contribution in [-0.2, 0) is 9.53 Å². The summed E-state index contributed by atoms with van der Waals surface area (Å²) in [6.07, 6.45) is 4.96. The van der Waals surface area contributed by atoms with Gasteiger partial charge in [0, 0.05) is 30.8 Å². The summed E-state index contributed by atoms with van der Waals surface area (Å²) < 4.78 is 4.63. The standard InChI is InChI=1S/C16H18N2O4S/c1-17(2)12-7-4-11(5-8-12)6-9-14-13(18(20)21)10-15(23-14)16(19)22-3/h4-10,13-14H,1-3H3/b9-6+. The number of hydrogen-bond acceptors (Lipinski definition) is 6. The fourth-order valence-electron chi connectivity index (χ4n) is 2.15. The van der Waals surface area contributed by atoms with Crippen molar-refractivity contribution in [3.63, 3.8) is 0 Å². The highest BCUT2D eigenvalue weighted by atomic mass is 32.2. The second-order valence-corrected chi connectivity index (χ2v) is 6.45. The topological polar surface area (TPSA) is 72.7 Å². The number of thioether (sulfide) groups is 1. The van der Waals surface area contributed by atoms with Crippen molar-refractivity contribution in [1.29, 1.82) is 0 Å². The summed E-state index contributed by atoms with van der Waals surface area (Å²) in [5, 5.41) is 10.7. The van der Waals surface area contributed by atoms with Crippen LogP contribution < -0.4 is 4.90 Å². The van der Waals surface area contributed by atoms with E-state index < -0.39 is 17.3 Å². The lowest BCUT2D eigenvalue weighted by Crippen LogP contribution is -2.24. The molecule has 0 spiro atoms. The van der Waals surface area contributed by atoms with Gasteiger partial charge in [0.15, 0.2) is 0 Å². The van der Waals surface area contributed by atoms with Crippen molar-refractivity contribution < 1.29 is 14.5 Å². The number of benzene rings is 1. The Hall–Kier alpha value is -2.28. The van der Waals surface area contributed by atoms with Crippen molar-refractivity contribution in [3.8, 4) is 0 Å². The first-order chi connectivity index (χ1) is 10.9. The van der Waals surface area contributed by atoms with E-state index in [0.717, 1.165) is 23.0 Å². The van der Waals surface area contributed by atoms with E-state index in [1.807, 2.05) is 49.3 Å². The van der Waals surface area contributed by atoms with Crippen molar-refractivity contribution >= 4 is 29.5 Å². The molecule has 0 aromatic heterocycles. The molecule has 2 atom stereocenters. The Balaban J connectivity index is 2.12. The molecule has 0 fully saturated rings. The Morgan fingerprint density at radius 3 is 2.52 bits per heavy atom. The number of nitro groups is 1. The van der Waals surface area contributed by atoms with Crippen molar-refractivity contribution in [1.82, 2.24) is 0 Å². The minimum Gasteiger partial charge on any atom is -0.465 e. The summed E-state index contributed by atoms with van der Waals surface area (Å²) in [6, 6.07) is 6.92. The average molecular weight is 334 g/mol. The molecule has 0 saturated heterocycles. The zero-order chi connectivity index (χ0) is 17.0. The molecule has 6 nitrogen and oxygen atoms in total. The van der Waals surface area contributed by atoms with Gasteiger partial charge in [0.25, 0.3) is 0 Å². The summed E-state index contributed by atoms with van der Waals surface area (Å²) in [6.45, 7) is 0. The molecule has 2 unspecified atom stereocenters. The third kappa shape index (κ3) is 4.13. The second-order valence-electron chi connectivity index (χ2n) is 5.23. The third-order valence-corrected chi connectivity index (χ3v) is 4.70. The molecular formula is C16H18N2O4S. The van der Waals surface area contributed by atoms with Gasteiger partial charge in [0.2, 0.25) is 6.04 Å². The summed E-state index contributed by atoms with van der Waals surface area (Å²) >= 11 is 1.16. The summed E-state index contributed by atoms with van der Waals surface area (Å²) in [4.78, 5) is 24.6. The van der Waals surface area contributed by atoms with E-state index in [4.69, 9.17) is 0 Å². The maximum Gasteiger partial charge on any atom is 0.344 e. The van der Waals surface area contributed by atoms with Crippen LogP contribution in [0.15, 0.2) is 41.3 Å². The number of rotatable bonds is 5. The molecule has 0 bridgehead atoms. The number of hydrogen-bond donors (Lipinski definition) is 0. The van der Waals surface area contributed by atoms with E-state index >= 15 is 0 Å². The first-order valence-corrected chi connectivity index (χ1v) is 7.86. The number of nitrogens with zero attached hydrogens (tertiary/aromatic N) is 2. The maximum absolute atomic E-state index is 11.5. The molecule has 1 aromatic rings. The van der Waals surface area contributed by atoms with Gasteiger partial charge in [0.1, 0.15) is 0 Å². The van der Waals surface area contributed by atoms with Crippen molar-refractivity contribution in [2.45, 2.75) is 11.3 Å². The molecule has 2 rings (SSSR count).